The summed E-state index contributed by atoms with van der Waals surface area (Å²) in [4.78, 5) is 48.9. The van der Waals surface area contributed by atoms with Gasteiger partial charge in [0, 0.05) is 50.4 Å². The largest absolute Gasteiger partial charge is 0.474 e. The minimum absolute atomic E-state index is 0.00119. The number of aromatic nitrogens is 1. The number of hydrogen-bond acceptors (Lipinski definition) is 7. The first-order chi connectivity index (χ1) is 21.4. The fourth-order valence-corrected chi connectivity index (χ4v) is 6.38. The lowest BCUT2D eigenvalue weighted by Gasteiger charge is -2.38. The van der Waals surface area contributed by atoms with Crippen LogP contribution in [-0.2, 0) is 27.2 Å². The van der Waals surface area contributed by atoms with E-state index < -0.39 is 17.7 Å². The number of piperidine rings is 1. The van der Waals surface area contributed by atoms with Crippen LogP contribution in [0.15, 0.2) is 36.5 Å². The summed E-state index contributed by atoms with van der Waals surface area (Å²) < 4.78 is 17.3. The molecule has 4 heterocycles. The number of hydrogen-bond donors (Lipinski definition) is 0. The summed E-state index contributed by atoms with van der Waals surface area (Å²) in [6, 6.07) is 9.52. The van der Waals surface area contributed by atoms with E-state index in [-0.39, 0.29) is 24.2 Å². The number of amides is 3. The smallest absolute Gasteiger partial charge is 0.411 e. The Morgan fingerprint density at radius 2 is 1.56 bits per heavy atom. The quantitative estimate of drug-likeness (QED) is 0.387. The molecule has 0 N–H and O–H groups in total. The second kappa shape index (κ2) is 13.7. The Morgan fingerprint density at radius 1 is 0.867 bits per heavy atom. The first kappa shape index (κ1) is 32.6. The lowest BCUT2D eigenvalue weighted by Crippen LogP contribution is -2.54. The second-order valence-electron chi connectivity index (χ2n) is 13.8. The molecular formula is C35H48N4O6. The molecule has 0 aliphatic carbocycles. The molecule has 45 heavy (non-hydrogen) atoms. The van der Waals surface area contributed by atoms with Crippen LogP contribution >= 0.6 is 0 Å². The molecule has 5 rings (SSSR count). The number of carbonyl (C=O) groups is 3. The molecule has 1 aromatic carbocycles. The van der Waals surface area contributed by atoms with E-state index in [1.54, 1.807) is 9.80 Å². The predicted molar refractivity (Wildman–Crippen MR) is 171 cm³/mol. The molecule has 10 nitrogen and oxygen atoms in total. The maximum atomic E-state index is 13.5. The third kappa shape index (κ3) is 8.07. The molecular weight excluding hydrogens is 572 g/mol. The standard InChI is InChI=1S/C35H48N4O6/c1-23(2)43-33(41)38-17-13-25(14-18-38)24(3)44-31-12-11-28(21-36-31)26-9-10-27-20-30(32(40)37-15-7-8-16-37)39(22-29(27)19-26)34(42)45-35(4,5)6/h9-12,19,21,23-25,30H,7-8,13-18,20,22H2,1-6H3. The molecule has 3 aliphatic rings. The summed E-state index contributed by atoms with van der Waals surface area (Å²) in [7, 11) is 0. The Balaban J connectivity index is 1.24. The van der Waals surface area contributed by atoms with Crippen LogP contribution in [0.5, 0.6) is 5.88 Å². The van der Waals surface area contributed by atoms with Gasteiger partial charge in [0.2, 0.25) is 11.8 Å². The van der Waals surface area contributed by atoms with Crippen LogP contribution in [0.2, 0.25) is 0 Å². The number of pyridine rings is 1. The normalized spacial score (nSPS) is 19.7. The zero-order valence-corrected chi connectivity index (χ0v) is 27.6. The van der Waals surface area contributed by atoms with Crippen LogP contribution in [0.3, 0.4) is 0 Å². The topological polar surface area (TPSA) is 102 Å². The second-order valence-corrected chi connectivity index (χ2v) is 13.8. The van der Waals surface area contributed by atoms with Gasteiger partial charge in [0.1, 0.15) is 17.7 Å². The van der Waals surface area contributed by atoms with Gasteiger partial charge in [-0.3, -0.25) is 9.69 Å². The molecule has 3 aliphatic heterocycles. The van der Waals surface area contributed by atoms with Gasteiger partial charge in [-0.2, -0.15) is 0 Å². The minimum Gasteiger partial charge on any atom is -0.474 e. The van der Waals surface area contributed by atoms with E-state index in [1.807, 2.05) is 57.8 Å². The van der Waals surface area contributed by atoms with Crippen molar-refractivity contribution in [3.05, 3.63) is 47.7 Å². The van der Waals surface area contributed by atoms with Gasteiger partial charge in [-0.1, -0.05) is 12.1 Å². The number of likely N-dealkylation sites (tertiary alicyclic amines) is 2. The number of benzene rings is 1. The van der Waals surface area contributed by atoms with Gasteiger partial charge in [0.05, 0.1) is 12.6 Å². The van der Waals surface area contributed by atoms with Crippen LogP contribution in [0.4, 0.5) is 9.59 Å². The van der Waals surface area contributed by atoms with Gasteiger partial charge >= 0.3 is 12.2 Å². The molecule has 2 saturated heterocycles. The summed E-state index contributed by atoms with van der Waals surface area (Å²) in [5.41, 5.74) is 3.33. The summed E-state index contributed by atoms with van der Waals surface area (Å²) in [6.07, 6.45) is 5.10. The van der Waals surface area contributed by atoms with E-state index in [2.05, 4.69) is 30.1 Å². The highest BCUT2D eigenvalue weighted by atomic mass is 16.6. The van der Waals surface area contributed by atoms with Gasteiger partial charge in [0.25, 0.3) is 0 Å². The van der Waals surface area contributed by atoms with Crippen molar-refractivity contribution in [1.29, 1.82) is 0 Å². The van der Waals surface area contributed by atoms with E-state index in [0.29, 0.717) is 37.9 Å². The minimum atomic E-state index is -0.660. The molecule has 0 radical (unpaired) electrons. The zero-order valence-electron chi connectivity index (χ0n) is 27.6. The van der Waals surface area contributed by atoms with Crippen LogP contribution in [0.1, 0.15) is 78.4 Å². The Kier molecular flexibility index (Phi) is 9.89. The van der Waals surface area contributed by atoms with E-state index >= 15 is 0 Å². The third-order valence-electron chi connectivity index (χ3n) is 8.84. The first-order valence-corrected chi connectivity index (χ1v) is 16.4. The van der Waals surface area contributed by atoms with Crippen molar-refractivity contribution in [2.24, 2.45) is 5.92 Å². The molecule has 2 unspecified atom stereocenters. The fraction of sp³-hybridized carbons (Fsp3) is 0.600. The van der Waals surface area contributed by atoms with Crippen molar-refractivity contribution < 1.29 is 28.6 Å². The molecule has 2 aromatic rings. The van der Waals surface area contributed by atoms with Gasteiger partial charge in [0.15, 0.2) is 0 Å². The monoisotopic (exact) mass is 620 g/mol. The molecule has 0 saturated carbocycles. The SMILES string of the molecule is CC(C)OC(=O)N1CCC(C(C)Oc2ccc(-c3ccc4c(c3)CN(C(=O)OC(C)(C)C)C(C(=O)N3CCCC3)C4)cn2)CC1. The Bertz CT molecular complexity index is 1360. The number of carbonyl (C=O) groups excluding carboxylic acids is 3. The maximum Gasteiger partial charge on any atom is 0.411 e. The summed E-state index contributed by atoms with van der Waals surface area (Å²) in [5.74, 6) is 0.885. The Labute approximate surface area is 267 Å². The summed E-state index contributed by atoms with van der Waals surface area (Å²) in [6.45, 7) is 14.4. The van der Waals surface area contributed by atoms with Crippen molar-refractivity contribution in [3.63, 3.8) is 0 Å². The van der Waals surface area contributed by atoms with Crippen molar-refractivity contribution in [2.75, 3.05) is 26.2 Å². The Morgan fingerprint density at radius 3 is 2.18 bits per heavy atom. The van der Waals surface area contributed by atoms with Crippen LogP contribution in [0, 0.1) is 5.92 Å². The molecule has 2 fully saturated rings. The molecule has 0 spiro atoms. The lowest BCUT2D eigenvalue weighted by atomic mass is 9.91. The van der Waals surface area contributed by atoms with Crippen LogP contribution in [-0.4, -0.2) is 87.8 Å². The van der Waals surface area contributed by atoms with Crippen molar-refractivity contribution in [1.82, 2.24) is 19.7 Å². The zero-order chi connectivity index (χ0) is 32.3. The fourth-order valence-electron chi connectivity index (χ4n) is 6.38. The van der Waals surface area contributed by atoms with Gasteiger partial charge < -0.3 is 24.0 Å². The van der Waals surface area contributed by atoms with Crippen LogP contribution in [0.25, 0.3) is 11.1 Å². The predicted octanol–water partition coefficient (Wildman–Crippen LogP) is 6.06. The molecule has 10 heteroatoms. The summed E-state index contributed by atoms with van der Waals surface area (Å²) >= 11 is 0. The number of fused-ring (bicyclic) bond motifs is 1. The molecule has 3 amide bonds. The molecule has 1 aromatic heterocycles. The number of rotatable bonds is 6. The van der Waals surface area contributed by atoms with Gasteiger partial charge in [-0.05, 0) is 102 Å². The third-order valence-corrected chi connectivity index (χ3v) is 8.84. The van der Waals surface area contributed by atoms with E-state index in [1.165, 1.54) is 0 Å². The maximum absolute atomic E-state index is 13.5. The molecule has 2 atom stereocenters. The van der Waals surface area contributed by atoms with E-state index in [9.17, 15) is 14.4 Å². The van der Waals surface area contributed by atoms with Crippen molar-refractivity contribution in [2.45, 2.75) is 104 Å². The highest BCUT2D eigenvalue weighted by Crippen LogP contribution is 2.32. The average molecular weight is 621 g/mol. The van der Waals surface area contributed by atoms with Gasteiger partial charge in [-0.15, -0.1) is 0 Å². The number of ether oxygens (including phenoxy) is 3. The highest BCUT2D eigenvalue weighted by molar-refractivity contribution is 5.87. The average Bonchev–Trinajstić information content (AvgIpc) is 3.54. The van der Waals surface area contributed by atoms with Crippen molar-refractivity contribution >= 4 is 18.1 Å². The first-order valence-electron chi connectivity index (χ1n) is 16.4. The van der Waals surface area contributed by atoms with Crippen molar-refractivity contribution in [3.8, 4) is 17.0 Å². The molecule has 244 valence electrons. The van der Waals surface area contributed by atoms with E-state index in [4.69, 9.17) is 14.2 Å². The van der Waals surface area contributed by atoms with Gasteiger partial charge in [-0.25, -0.2) is 14.6 Å². The van der Waals surface area contributed by atoms with Crippen LogP contribution < -0.4 is 4.74 Å². The Hall–Kier alpha value is -3.82. The molecule has 0 bridgehead atoms. The summed E-state index contributed by atoms with van der Waals surface area (Å²) in [5, 5.41) is 0. The lowest BCUT2D eigenvalue weighted by molar-refractivity contribution is -0.136. The number of nitrogens with zero attached hydrogens (tertiary/aromatic N) is 4. The van der Waals surface area contributed by atoms with E-state index in [0.717, 1.165) is 61.0 Å². The highest BCUT2D eigenvalue weighted by Gasteiger charge is 2.39.